The van der Waals surface area contributed by atoms with Crippen molar-refractivity contribution in [2.45, 2.75) is 24.5 Å². The van der Waals surface area contributed by atoms with E-state index in [0.29, 0.717) is 11.2 Å². The Morgan fingerprint density at radius 3 is 2.65 bits per heavy atom. The molecule has 0 spiro atoms. The molecular weight excluding hydrogens is 270 g/mol. The minimum absolute atomic E-state index is 0. The molecule has 1 fully saturated rings. The van der Waals surface area contributed by atoms with Gasteiger partial charge in [-0.3, -0.25) is 4.57 Å². The lowest BCUT2D eigenvalue weighted by atomic mass is 10.1. The number of fused-ring (bicyclic) bond motifs is 1. The van der Waals surface area contributed by atoms with E-state index >= 15 is 0 Å². The summed E-state index contributed by atoms with van der Waals surface area (Å²) in [5.74, 6) is 0.218. The number of nitrogen functional groups attached to an aromatic ring is 1. The molecular formula is C10H15N5O5. The molecule has 110 valence electrons. The molecule has 0 bridgehead atoms. The number of aliphatic hydroxyl groups is 3. The topological polar surface area (TPSA) is 171 Å². The Kier molecular flexibility index (Phi) is 3.83. The van der Waals surface area contributed by atoms with Crippen LogP contribution in [0.3, 0.4) is 0 Å². The van der Waals surface area contributed by atoms with Gasteiger partial charge in [0, 0.05) is 0 Å². The molecule has 2 aromatic heterocycles. The molecule has 0 aliphatic carbocycles. The second-order valence-electron chi connectivity index (χ2n) is 4.31. The molecule has 4 atom stereocenters. The largest absolute Gasteiger partial charge is 0.412 e. The van der Waals surface area contributed by atoms with E-state index in [2.05, 4.69) is 15.0 Å². The first-order valence-electron chi connectivity index (χ1n) is 5.69. The zero-order chi connectivity index (χ0) is 13.6. The molecule has 1 aliphatic heterocycles. The SMILES string of the molecule is Nc1ncnc2c1ncn2[C@H]1O[C@@H](CO)[C@H](O)[C@H]1O.O. The van der Waals surface area contributed by atoms with Gasteiger partial charge in [-0.25, -0.2) is 15.0 Å². The van der Waals surface area contributed by atoms with Crippen molar-refractivity contribution in [3.63, 3.8) is 0 Å². The first-order valence-corrected chi connectivity index (χ1v) is 5.69. The lowest BCUT2D eigenvalue weighted by Crippen LogP contribution is -2.33. The van der Waals surface area contributed by atoms with Gasteiger partial charge in [0.25, 0.3) is 0 Å². The fourth-order valence-corrected chi connectivity index (χ4v) is 2.17. The second-order valence-corrected chi connectivity index (χ2v) is 4.31. The maximum absolute atomic E-state index is 9.95. The highest BCUT2D eigenvalue weighted by Crippen LogP contribution is 2.31. The number of nitrogens with two attached hydrogens (primary N) is 1. The van der Waals surface area contributed by atoms with Gasteiger partial charge in [0.05, 0.1) is 12.9 Å². The molecule has 0 amide bonds. The number of aromatic nitrogens is 4. The Morgan fingerprint density at radius 2 is 2.00 bits per heavy atom. The molecule has 10 nitrogen and oxygen atoms in total. The van der Waals surface area contributed by atoms with Crippen LogP contribution in [-0.2, 0) is 4.74 Å². The molecule has 20 heavy (non-hydrogen) atoms. The molecule has 10 heteroatoms. The summed E-state index contributed by atoms with van der Waals surface area (Å²) in [4.78, 5) is 11.9. The van der Waals surface area contributed by atoms with Crippen molar-refractivity contribution in [3.8, 4) is 0 Å². The minimum atomic E-state index is -1.19. The fourth-order valence-electron chi connectivity index (χ4n) is 2.17. The summed E-state index contributed by atoms with van der Waals surface area (Å²) >= 11 is 0. The third-order valence-corrected chi connectivity index (χ3v) is 3.18. The molecule has 7 N–H and O–H groups in total. The maximum atomic E-state index is 9.95. The molecule has 0 unspecified atom stereocenters. The van der Waals surface area contributed by atoms with Crippen LogP contribution in [0.2, 0.25) is 0 Å². The number of hydrogen-bond acceptors (Lipinski definition) is 8. The Bertz CT molecular complexity index is 605. The molecule has 2 aromatic rings. The van der Waals surface area contributed by atoms with E-state index < -0.39 is 31.1 Å². The molecule has 3 heterocycles. The van der Waals surface area contributed by atoms with Crippen LogP contribution in [0.5, 0.6) is 0 Å². The predicted octanol–water partition coefficient (Wildman–Crippen LogP) is -2.80. The van der Waals surface area contributed by atoms with Crippen molar-refractivity contribution in [2.75, 3.05) is 12.3 Å². The first kappa shape index (κ1) is 14.6. The Morgan fingerprint density at radius 1 is 1.25 bits per heavy atom. The lowest BCUT2D eigenvalue weighted by Gasteiger charge is -2.16. The highest BCUT2D eigenvalue weighted by molar-refractivity contribution is 5.81. The van der Waals surface area contributed by atoms with Crippen LogP contribution in [0.15, 0.2) is 12.7 Å². The summed E-state index contributed by atoms with van der Waals surface area (Å²) < 4.78 is 6.85. The van der Waals surface area contributed by atoms with Crippen molar-refractivity contribution in [1.29, 1.82) is 0 Å². The Hall–Kier alpha value is -1.85. The van der Waals surface area contributed by atoms with Crippen LogP contribution in [0, 0.1) is 0 Å². The van der Waals surface area contributed by atoms with Crippen molar-refractivity contribution >= 4 is 17.0 Å². The fraction of sp³-hybridized carbons (Fsp3) is 0.500. The van der Waals surface area contributed by atoms with Gasteiger partial charge >= 0.3 is 0 Å². The van der Waals surface area contributed by atoms with Crippen molar-refractivity contribution in [2.24, 2.45) is 0 Å². The van der Waals surface area contributed by atoms with Crippen molar-refractivity contribution in [1.82, 2.24) is 19.5 Å². The molecule has 0 saturated carbocycles. The van der Waals surface area contributed by atoms with Gasteiger partial charge in [0.2, 0.25) is 0 Å². The lowest BCUT2D eigenvalue weighted by molar-refractivity contribution is -0.0511. The van der Waals surface area contributed by atoms with Crippen LogP contribution in [0.4, 0.5) is 5.82 Å². The molecule has 0 radical (unpaired) electrons. The average molecular weight is 285 g/mol. The van der Waals surface area contributed by atoms with E-state index in [4.69, 9.17) is 15.6 Å². The Labute approximate surface area is 112 Å². The van der Waals surface area contributed by atoms with Gasteiger partial charge < -0.3 is 31.3 Å². The third-order valence-electron chi connectivity index (χ3n) is 3.18. The normalized spacial score (nSPS) is 29.6. The number of nitrogens with zero attached hydrogens (tertiary/aromatic N) is 4. The van der Waals surface area contributed by atoms with E-state index in [1.54, 1.807) is 0 Å². The van der Waals surface area contributed by atoms with Crippen LogP contribution < -0.4 is 5.73 Å². The van der Waals surface area contributed by atoms with Gasteiger partial charge in [-0.1, -0.05) is 0 Å². The molecule has 1 aliphatic rings. The predicted molar refractivity (Wildman–Crippen MR) is 66.4 cm³/mol. The number of hydrogen-bond donors (Lipinski definition) is 4. The number of imidazole rings is 1. The smallest absolute Gasteiger partial charge is 0.167 e. The molecule has 3 rings (SSSR count). The first-order chi connectivity index (χ1) is 9.13. The van der Waals surface area contributed by atoms with Gasteiger partial charge in [0.1, 0.15) is 30.2 Å². The summed E-state index contributed by atoms with van der Waals surface area (Å²) in [5, 5.41) is 28.7. The quantitative estimate of drug-likeness (QED) is 0.458. The van der Waals surface area contributed by atoms with Crippen LogP contribution in [0.25, 0.3) is 11.2 Å². The minimum Gasteiger partial charge on any atom is -0.412 e. The summed E-state index contributed by atoms with van der Waals surface area (Å²) in [5.41, 5.74) is 6.44. The van der Waals surface area contributed by atoms with Crippen molar-refractivity contribution < 1.29 is 25.5 Å². The highest BCUT2D eigenvalue weighted by Gasteiger charge is 2.43. The van der Waals surface area contributed by atoms with Gasteiger partial charge in [-0.2, -0.15) is 0 Å². The van der Waals surface area contributed by atoms with Crippen LogP contribution >= 0.6 is 0 Å². The standard InChI is InChI=1S/C10H13N5O4.H2O/c11-8-5-9(13-2-12-8)15(3-14-5)10-7(18)6(17)4(1-16)19-10;/h2-4,6-7,10,16-18H,1H2,(H2,11,12,13);1H2/t4-,6-,7+,10-;/m0./s1. The van der Waals surface area contributed by atoms with E-state index in [0.717, 1.165) is 0 Å². The molecule has 1 saturated heterocycles. The zero-order valence-corrected chi connectivity index (χ0v) is 10.3. The highest BCUT2D eigenvalue weighted by atomic mass is 16.6. The summed E-state index contributed by atoms with van der Waals surface area (Å²) in [6.45, 7) is -0.390. The van der Waals surface area contributed by atoms with Crippen molar-refractivity contribution in [3.05, 3.63) is 12.7 Å². The van der Waals surface area contributed by atoms with E-state index in [-0.39, 0.29) is 11.3 Å². The van der Waals surface area contributed by atoms with E-state index in [9.17, 15) is 10.2 Å². The summed E-state index contributed by atoms with van der Waals surface area (Å²) in [6.07, 6.45) is -1.42. The molecule has 0 aromatic carbocycles. The number of aliphatic hydroxyl groups excluding tert-OH is 3. The summed E-state index contributed by atoms with van der Waals surface area (Å²) in [6, 6.07) is 0. The number of ether oxygens (including phenoxy) is 1. The Balaban J connectivity index is 0.00000147. The van der Waals surface area contributed by atoms with Gasteiger partial charge in [-0.15, -0.1) is 0 Å². The summed E-state index contributed by atoms with van der Waals surface area (Å²) in [7, 11) is 0. The third kappa shape index (κ3) is 1.99. The van der Waals surface area contributed by atoms with Crippen LogP contribution in [-0.4, -0.2) is 65.2 Å². The number of anilines is 1. The van der Waals surface area contributed by atoms with Crippen LogP contribution in [0.1, 0.15) is 6.23 Å². The van der Waals surface area contributed by atoms with Gasteiger partial charge in [-0.05, 0) is 0 Å². The van der Waals surface area contributed by atoms with E-state index in [1.807, 2.05) is 0 Å². The average Bonchev–Trinajstić information content (AvgIpc) is 2.94. The second kappa shape index (κ2) is 5.26. The monoisotopic (exact) mass is 285 g/mol. The van der Waals surface area contributed by atoms with Gasteiger partial charge in [0.15, 0.2) is 17.7 Å². The maximum Gasteiger partial charge on any atom is 0.167 e. The van der Waals surface area contributed by atoms with E-state index in [1.165, 1.54) is 17.2 Å². The number of rotatable bonds is 2. The zero-order valence-electron chi connectivity index (χ0n) is 10.3.